The largest absolute Gasteiger partial charge is 0.480 e. The maximum absolute atomic E-state index is 11.5. The fraction of sp³-hybridized carbons (Fsp3) is 0.818. The molecular weight excluding hydrogens is 240 g/mol. The van der Waals surface area contributed by atoms with Crippen LogP contribution in [0.15, 0.2) is 0 Å². The van der Waals surface area contributed by atoms with Crippen molar-refractivity contribution in [2.24, 2.45) is 5.92 Å². The molecule has 2 N–H and O–H groups in total. The summed E-state index contributed by atoms with van der Waals surface area (Å²) in [5.41, 5.74) is 0. The molecule has 0 bridgehead atoms. The van der Waals surface area contributed by atoms with Crippen molar-refractivity contribution in [3.05, 3.63) is 0 Å². The number of nitrogens with one attached hydrogen (secondary N) is 1. The number of nitrogens with zero attached hydrogens (tertiary/aromatic N) is 1. The lowest BCUT2D eigenvalue weighted by Crippen LogP contribution is -2.45. The quantitative estimate of drug-likeness (QED) is 0.742. The van der Waals surface area contributed by atoms with Crippen molar-refractivity contribution in [2.45, 2.75) is 19.1 Å². The number of hydrogen-bond donors (Lipinski definition) is 2. The minimum absolute atomic E-state index is 0.207. The summed E-state index contributed by atoms with van der Waals surface area (Å²) >= 11 is 1.95. The highest BCUT2D eigenvalue weighted by Crippen LogP contribution is 2.24. The van der Waals surface area contributed by atoms with Crippen molar-refractivity contribution in [1.29, 1.82) is 0 Å². The molecule has 1 heterocycles. The molecule has 0 aromatic heterocycles. The Bertz CT molecular complexity index is 284. The van der Waals surface area contributed by atoms with Gasteiger partial charge in [0.15, 0.2) is 0 Å². The molecule has 1 fully saturated rings. The maximum Gasteiger partial charge on any atom is 0.322 e. The number of hydrogen-bond acceptors (Lipinski definition) is 4. The summed E-state index contributed by atoms with van der Waals surface area (Å²) in [4.78, 5) is 23.9. The first-order valence-corrected chi connectivity index (χ1v) is 6.86. The molecule has 1 aliphatic rings. The summed E-state index contributed by atoms with van der Waals surface area (Å²) in [6.45, 7) is 6.18. The molecule has 6 heteroatoms. The van der Waals surface area contributed by atoms with Gasteiger partial charge in [-0.15, -0.1) is 0 Å². The van der Waals surface area contributed by atoms with E-state index in [4.69, 9.17) is 5.11 Å². The average molecular weight is 260 g/mol. The predicted octanol–water partition coefficient (Wildman–Crippen LogP) is 0.261. The van der Waals surface area contributed by atoms with E-state index < -0.39 is 5.97 Å². The molecule has 1 atom stereocenters. The highest BCUT2D eigenvalue weighted by molar-refractivity contribution is 8.00. The fourth-order valence-corrected chi connectivity index (χ4v) is 3.08. The molecule has 1 saturated heterocycles. The molecule has 0 radical (unpaired) electrons. The Balaban J connectivity index is 2.30. The minimum atomic E-state index is -1.01. The zero-order valence-corrected chi connectivity index (χ0v) is 11.1. The maximum atomic E-state index is 11.5. The third-order valence-corrected chi connectivity index (χ3v) is 4.26. The van der Waals surface area contributed by atoms with Crippen LogP contribution in [0.25, 0.3) is 0 Å². The van der Waals surface area contributed by atoms with Crippen molar-refractivity contribution >= 4 is 23.6 Å². The van der Waals surface area contributed by atoms with Crippen molar-refractivity contribution in [3.63, 3.8) is 0 Å². The molecular formula is C11H20N2O3S. The Morgan fingerprint density at radius 2 is 2.24 bits per heavy atom. The number of aliphatic carboxylic acids is 1. The van der Waals surface area contributed by atoms with Crippen LogP contribution in [0.2, 0.25) is 0 Å². The van der Waals surface area contributed by atoms with E-state index in [0.29, 0.717) is 17.7 Å². The van der Waals surface area contributed by atoms with Gasteiger partial charge >= 0.3 is 5.97 Å². The van der Waals surface area contributed by atoms with Gasteiger partial charge in [0.05, 0.1) is 6.54 Å². The van der Waals surface area contributed by atoms with Crippen molar-refractivity contribution in [3.8, 4) is 0 Å². The smallest absolute Gasteiger partial charge is 0.322 e. The van der Waals surface area contributed by atoms with Crippen LogP contribution in [0.1, 0.15) is 13.8 Å². The number of amides is 1. The van der Waals surface area contributed by atoms with Crippen LogP contribution in [0.3, 0.4) is 0 Å². The van der Waals surface area contributed by atoms with E-state index in [2.05, 4.69) is 24.1 Å². The number of thioether (sulfide) groups is 1. The molecule has 1 amide bonds. The monoisotopic (exact) mass is 260 g/mol. The lowest BCUT2D eigenvalue weighted by atomic mass is 10.1. The summed E-state index contributed by atoms with van der Waals surface area (Å²) < 4.78 is 0. The van der Waals surface area contributed by atoms with Gasteiger partial charge in [-0.3, -0.25) is 14.5 Å². The molecule has 0 aromatic rings. The van der Waals surface area contributed by atoms with E-state index in [1.807, 2.05) is 11.8 Å². The lowest BCUT2D eigenvalue weighted by molar-refractivity contribution is -0.138. The Morgan fingerprint density at radius 1 is 1.53 bits per heavy atom. The minimum Gasteiger partial charge on any atom is -0.480 e. The van der Waals surface area contributed by atoms with Gasteiger partial charge < -0.3 is 10.4 Å². The fourth-order valence-electron chi connectivity index (χ4n) is 1.71. The molecule has 17 heavy (non-hydrogen) atoms. The van der Waals surface area contributed by atoms with E-state index in [1.54, 1.807) is 0 Å². The molecule has 0 aliphatic carbocycles. The van der Waals surface area contributed by atoms with E-state index in [-0.39, 0.29) is 12.5 Å². The molecule has 1 aliphatic heterocycles. The first kappa shape index (κ1) is 14.3. The van der Waals surface area contributed by atoms with Crippen LogP contribution < -0.4 is 5.32 Å². The van der Waals surface area contributed by atoms with Gasteiger partial charge in [0.25, 0.3) is 0 Å². The van der Waals surface area contributed by atoms with Gasteiger partial charge in [-0.25, -0.2) is 0 Å². The van der Waals surface area contributed by atoms with Crippen LogP contribution in [-0.4, -0.2) is 59.1 Å². The third kappa shape index (κ3) is 5.41. The van der Waals surface area contributed by atoms with E-state index in [0.717, 1.165) is 18.8 Å². The van der Waals surface area contributed by atoms with Gasteiger partial charge in [-0.05, 0) is 5.92 Å². The zero-order valence-electron chi connectivity index (χ0n) is 10.3. The second-order valence-corrected chi connectivity index (χ2v) is 5.91. The molecule has 0 saturated carbocycles. The van der Waals surface area contributed by atoms with E-state index in [9.17, 15) is 9.59 Å². The molecule has 0 spiro atoms. The number of rotatable bonds is 5. The summed E-state index contributed by atoms with van der Waals surface area (Å²) in [5.74, 6) is 0.425. The first-order valence-electron chi connectivity index (χ1n) is 5.81. The number of carbonyl (C=O) groups excluding carboxylic acids is 1. The van der Waals surface area contributed by atoms with E-state index in [1.165, 1.54) is 0 Å². The Labute approximate surface area is 106 Å². The number of carboxylic acid groups (broad SMARTS) is 1. The van der Waals surface area contributed by atoms with Crippen molar-refractivity contribution in [2.75, 3.05) is 31.9 Å². The summed E-state index contributed by atoms with van der Waals surface area (Å²) in [7, 11) is 0. The molecule has 5 nitrogen and oxygen atoms in total. The van der Waals surface area contributed by atoms with Crippen LogP contribution in [0.5, 0.6) is 0 Å². The van der Waals surface area contributed by atoms with E-state index >= 15 is 0 Å². The summed E-state index contributed by atoms with van der Waals surface area (Å²) in [5, 5.41) is 11.4. The van der Waals surface area contributed by atoms with Gasteiger partial charge in [0.1, 0.15) is 6.54 Å². The van der Waals surface area contributed by atoms with Gasteiger partial charge in [0, 0.05) is 24.1 Å². The Hall–Kier alpha value is -0.750. The molecule has 0 aromatic carbocycles. The SMILES string of the molecule is CC(C)C1CN(CC(=O)NCC(=O)O)CCS1. The molecule has 1 rings (SSSR count). The van der Waals surface area contributed by atoms with Crippen molar-refractivity contribution in [1.82, 2.24) is 10.2 Å². The van der Waals surface area contributed by atoms with Crippen LogP contribution in [-0.2, 0) is 9.59 Å². The van der Waals surface area contributed by atoms with Crippen LogP contribution in [0.4, 0.5) is 0 Å². The first-order chi connectivity index (χ1) is 7.99. The normalized spacial score (nSPS) is 21.5. The molecule has 1 unspecified atom stereocenters. The topological polar surface area (TPSA) is 69.6 Å². The van der Waals surface area contributed by atoms with Gasteiger partial charge in [-0.1, -0.05) is 13.8 Å². The average Bonchev–Trinajstić information content (AvgIpc) is 2.26. The van der Waals surface area contributed by atoms with Crippen LogP contribution in [0, 0.1) is 5.92 Å². The lowest BCUT2D eigenvalue weighted by Gasteiger charge is -2.33. The molecule has 98 valence electrons. The number of carboxylic acids is 1. The second-order valence-electron chi connectivity index (χ2n) is 4.56. The van der Waals surface area contributed by atoms with Gasteiger partial charge in [0.2, 0.25) is 5.91 Å². The Morgan fingerprint density at radius 3 is 2.82 bits per heavy atom. The second kappa shape index (κ2) is 6.86. The highest BCUT2D eigenvalue weighted by atomic mass is 32.2. The summed E-state index contributed by atoms with van der Waals surface area (Å²) in [6, 6.07) is 0. The zero-order chi connectivity index (χ0) is 12.8. The Kier molecular flexibility index (Phi) is 5.77. The predicted molar refractivity (Wildman–Crippen MR) is 68.2 cm³/mol. The third-order valence-electron chi connectivity index (χ3n) is 2.73. The van der Waals surface area contributed by atoms with Crippen molar-refractivity contribution < 1.29 is 14.7 Å². The summed E-state index contributed by atoms with van der Waals surface area (Å²) in [6.07, 6.45) is 0. The standard InChI is InChI=1S/C11H20N2O3S/c1-8(2)9-6-13(3-4-17-9)7-10(14)12-5-11(15)16/h8-9H,3-7H2,1-2H3,(H,12,14)(H,15,16). The number of carbonyl (C=O) groups is 2. The highest BCUT2D eigenvalue weighted by Gasteiger charge is 2.24. The van der Waals surface area contributed by atoms with Crippen LogP contribution >= 0.6 is 11.8 Å². The van der Waals surface area contributed by atoms with Gasteiger partial charge in [-0.2, -0.15) is 11.8 Å².